The molecule has 6 heteroatoms. The van der Waals surface area contributed by atoms with Crippen molar-refractivity contribution in [1.29, 1.82) is 0 Å². The minimum absolute atomic E-state index is 0.00196. The maximum atomic E-state index is 13.8. The average molecular weight is 321 g/mol. The second-order valence-electron chi connectivity index (χ2n) is 4.57. The molecule has 2 aromatic carbocycles. The van der Waals surface area contributed by atoms with Gasteiger partial charge in [-0.3, -0.25) is 10.1 Å². The van der Waals surface area contributed by atoms with E-state index in [1.54, 1.807) is 31.2 Å². The number of rotatable bonds is 2. The van der Waals surface area contributed by atoms with Gasteiger partial charge in [-0.05, 0) is 42.8 Å². The molecule has 0 atom stereocenters. The molecule has 0 unspecified atom stereocenters. The number of aryl methyl sites for hydroxylation is 1. The summed E-state index contributed by atoms with van der Waals surface area (Å²) >= 11 is 7.20. The van der Waals surface area contributed by atoms with Crippen LogP contribution in [0.15, 0.2) is 36.4 Å². The number of nitrogens with zero attached hydrogens (tertiary/aromatic N) is 1. The minimum Gasteiger partial charge on any atom is -0.298 e. The Morgan fingerprint density at radius 2 is 2.10 bits per heavy atom. The van der Waals surface area contributed by atoms with Gasteiger partial charge in [0.15, 0.2) is 5.13 Å². The molecule has 0 fully saturated rings. The Kier molecular flexibility index (Phi) is 3.61. The van der Waals surface area contributed by atoms with Crippen LogP contribution in [0.2, 0.25) is 5.02 Å². The molecule has 0 bridgehead atoms. The first-order valence-corrected chi connectivity index (χ1v) is 7.36. The van der Waals surface area contributed by atoms with Gasteiger partial charge < -0.3 is 0 Å². The number of carbonyl (C=O) groups excluding carboxylic acids is 1. The molecule has 0 spiro atoms. The number of hydrogen-bond donors (Lipinski definition) is 1. The SMILES string of the molecule is Cc1ccc(C(=O)Nc2nc3ccc(Cl)cc3s2)c(F)c1. The predicted molar refractivity (Wildman–Crippen MR) is 83.7 cm³/mol. The van der Waals surface area contributed by atoms with Crippen molar-refractivity contribution in [2.45, 2.75) is 6.92 Å². The largest absolute Gasteiger partial charge is 0.298 e. The van der Waals surface area contributed by atoms with E-state index in [0.717, 1.165) is 15.8 Å². The lowest BCUT2D eigenvalue weighted by atomic mass is 10.1. The summed E-state index contributed by atoms with van der Waals surface area (Å²) in [5.74, 6) is -1.06. The Morgan fingerprint density at radius 1 is 1.29 bits per heavy atom. The summed E-state index contributed by atoms with van der Waals surface area (Å²) in [5.41, 5.74) is 1.50. The van der Waals surface area contributed by atoms with Crippen molar-refractivity contribution in [3.8, 4) is 0 Å². The second-order valence-corrected chi connectivity index (χ2v) is 6.04. The highest BCUT2D eigenvalue weighted by Gasteiger charge is 2.14. The molecule has 0 aliphatic heterocycles. The second kappa shape index (κ2) is 5.42. The van der Waals surface area contributed by atoms with Crippen LogP contribution in [0.4, 0.5) is 9.52 Å². The zero-order chi connectivity index (χ0) is 15.0. The van der Waals surface area contributed by atoms with Gasteiger partial charge in [-0.1, -0.05) is 29.0 Å². The number of aromatic nitrogens is 1. The number of halogens is 2. The molecule has 0 radical (unpaired) electrons. The maximum absolute atomic E-state index is 13.8. The zero-order valence-corrected chi connectivity index (χ0v) is 12.6. The Balaban J connectivity index is 1.89. The van der Waals surface area contributed by atoms with E-state index >= 15 is 0 Å². The van der Waals surface area contributed by atoms with Gasteiger partial charge in [0, 0.05) is 5.02 Å². The Labute approximate surface area is 129 Å². The van der Waals surface area contributed by atoms with Crippen molar-refractivity contribution >= 4 is 44.2 Å². The lowest BCUT2D eigenvalue weighted by Gasteiger charge is -2.03. The Bertz CT molecular complexity index is 847. The summed E-state index contributed by atoms with van der Waals surface area (Å²) in [6.07, 6.45) is 0. The van der Waals surface area contributed by atoms with Gasteiger partial charge in [-0.15, -0.1) is 0 Å². The number of fused-ring (bicyclic) bond motifs is 1. The van der Waals surface area contributed by atoms with Gasteiger partial charge in [-0.25, -0.2) is 9.37 Å². The van der Waals surface area contributed by atoms with Crippen LogP contribution in [0, 0.1) is 12.7 Å². The molecule has 1 amide bonds. The fraction of sp³-hybridized carbons (Fsp3) is 0.0667. The van der Waals surface area contributed by atoms with Gasteiger partial charge in [0.25, 0.3) is 5.91 Å². The molecule has 21 heavy (non-hydrogen) atoms. The molecule has 1 heterocycles. The van der Waals surface area contributed by atoms with Gasteiger partial charge in [-0.2, -0.15) is 0 Å². The zero-order valence-electron chi connectivity index (χ0n) is 11.0. The minimum atomic E-state index is -0.545. The Hall–Kier alpha value is -1.98. The highest BCUT2D eigenvalue weighted by molar-refractivity contribution is 7.22. The number of carbonyl (C=O) groups is 1. The summed E-state index contributed by atoms with van der Waals surface area (Å²) in [6, 6.07) is 9.76. The molecular formula is C15H10ClFN2OS. The summed E-state index contributed by atoms with van der Waals surface area (Å²) in [6.45, 7) is 1.77. The van der Waals surface area contributed by atoms with Gasteiger partial charge in [0.2, 0.25) is 0 Å². The highest BCUT2D eigenvalue weighted by Crippen LogP contribution is 2.28. The molecule has 0 saturated carbocycles. The van der Waals surface area contributed by atoms with E-state index in [1.165, 1.54) is 23.5 Å². The lowest BCUT2D eigenvalue weighted by molar-refractivity contribution is 0.102. The molecule has 3 nitrogen and oxygen atoms in total. The molecule has 0 aliphatic rings. The molecule has 0 aliphatic carbocycles. The third-order valence-corrected chi connectivity index (χ3v) is 4.11. The number of nitrogens with one attached hydrogen (secondary N) is 1. The van der Waals surface area contributed by atoms with E-state index in [0.29, 0.717) is 10.2 Å². The van der Waals surface area contributed by atoms with Crippen LogP contribution in [-0.4, -0.2) is 10.9 Å². The van der Waals surface area contributed by atoms with Crippen LogP contribution in [0.3, 0.4) is 0 Å². The predicted octanol–water partition coefficient (Wildman–Crippen LogP) is 4.65. The van der Waals surface area contributed by atoms with Crippen LogP contribution in [-0.2, 0) is 0 Å². The molecule has 0 saturated heterocycles. The number of benzene rings is 2. The van der Waals surface area contributed by atoms with Crippen LogP contribution in [0.1, 0.15) is 15.9 Å². The molecule has 1 N–H and O–H groups in total. The number of hydrogen-bond acceptors (Lipinski definition) is 3. The number of amides is 1. The molecule has 3 rings (SSSR count). The first kappa shape index (κ1) is 14.0. The standard InChI is InChI=1S/C15H10ClFN2OS/c1-8-2-4-10(11(17)6-8)14(20)19-15-18-12-5-3-9(16)7-13(12)21-15/h2-7H,1H3,(H,18,19,20). The van der Waals surface area contributed by atoms with Crippen LogP contribution in [0.25, 0.3) is 10.2 Å². The van der Waals surface area contributed by atoms with Crippen molar-refractivity contribution < 1.29 is 9.18 Å². The van der Waals surface area contributed by atoms with Crippen molar-refractivity contribution in [2.24, 2.45) is 0 Å². The summed E-state index contributed by atoms with van der Waals surface area (Å²) in [5, 5.41) is 3.63. The van der Waals surface area contributed by atoms with Gasteiger partial charge in [0.05, 0.1) is 15.8 Å². The molecular weight excluding hydrogens is 311 g/mol. The summed E-state index contributed by atoms with van der Waals surface area (Å²) in [4.78, 5) is 16.4. The highest BCUT2D eigenvalue weighted by atomic mass is 35.5. The van der Waals surface area contributed by atoms with E-state index < -0.39 is 11.7 Å². The van der Waals surface area contributed by atoms with E-state index in [-0.39, 0.29) is 5.56 Å². The van der Waals surface area contributed by atoms with E-state index in [9.17, 15) is 9.18 Å². The topological polar surface area (TPSA) is 42.0 Å². The van der Waals surface area contributed by atoms with E-state index in [2.05, 4.69) is 10.3 Å². The molecule has 1 aromatic heterocycles. The quantitative estimate of drug-likeness (QED) is 0.746. The fourth-order valence-corrected chi connectivity index (χ4v) is 3.06. The van der Waals surface area contributed by atoms with Crippen molar-refractivity contribution in [2.75, 3.05) is 5.32 Å². The maximum Gasteiger partial charge on any atom is 0.260 e. The summed E-state index contributed by atoms with van der Waals surface area (Å²) < 4.78 is 14.6. The fourth-order valence-electron chi connectivity index (χ4n) is 1.92. The van der Waals surface area contributed by atoms with E-state index in [4.69, 9.17) is 11.6 Å². The van der Waals surface area contributed by atoms with Crippen LogP contribution < -0.4 is 5.32 Å². The number of anilines is 1. The van der Waals surface area contributed by atoms with E-state index in [1.807, 2.05) is 0 Å². The van der Waals surface area contributed by atoms with Gasteiger partial charge >= 0.3 is 0 Å². The summed E-state index contributed by atoms with van der Waals surface area (Å²) in [7, 11) is 0. The molecule has 106 valence electrons. The molecule has 3 aromatic rings. The first-order chi connectivity index (χ1) is 10.0. The lowest BCUT2D eigenvalue weighted by Crippen LogP contribution is -2.13. The average Bonchev–Trinajstić information content (AvgIpc) is 2.79. The normalized spacial score (nSPS) is 10.8. The monoisotopic (exact) mass is 320 g/mol. The third-order valence-electron chi connectivity index (χ3n) is 2.94. The third kappa shape index (κ3) is 2.89. The van der Waals surface area contributed by atoms with Crippen molar-refractivity contribution in [3.63, 3.8) is 0 Å². The van der Waals surface area contributed by atoms with Crippen LogP contribution in [0.5, 0.6) is 0 Å². The number of thiazole rings is 1. The van der Waals surface area contributed by atoms with Crippen LogP contribution >= 0.6 is 22.9 Å². The van der Waals surface area contributed by atoms with Crippen molar-refractivity contribution in [1.82, 2.24) is 4.98 Å². The van der Waals surface area contributed by atoms with Crippen molar-refractivity contribution in [3.05, 3.63) is 58.4 Å². The Morgan fingerprint density at radius 3 is 2.86 bits per heavy atom. The first-order valence-electron chi connectivity index (χ1n) is 6.16. The smallest absolute Gasteiger partial charge is 0.260 e. The van der Waals surface area contributed by atoms with Gasteiger partial charge in [0.1, 0.15) is 5.82 Å².